The molecule has 0 aliphatic heterocycles. The Hall–Kier alpha value is -2.56. The minimum atomic E-state index is -4.80. The Morgan fingerprint density at radius 2 is 1.27 bits per heavy atom. The smallest absolute Gasteiger partial charge is 0.416 e. The Morgan fingerprint density at radius 1 is 0.923 bits per heavy atom. The average molecular weight is 387 g/mol. The highest BCUT2D eigenvalue weighted by molar-refractivity contribution is 5.89. The molecule has 1 atom stereocenters. The number of carboxylic acid groups (broad SMARTS) is 2. The molecule has 26 heavy (non-hydrogen) atoms. The van der Waals surface area contributed by atoms with Gasteiger partial charge in [0.2, 0.25) is 0 Å². The normalized spacial score (nSPS) is 13.1. The third-order valence-electron chi connectivity index (χ3n) is 2.91. The van der Waals surface area contributed by atoms with E-state index in [2.05, 4.69) is 5.32 Å². The summed E-state index contributed by atoms with van der Waals surface area (Å²) in [4.78, 5) is 19.1. The first kappa shape index (κ1) is 23.4. The zero-order valence-electron chi connectivity index (χ0n) is 13.4. The SMILES string of the molecule is CN[C@H](C)c1cc(C(F)(F)F)cc(C(F)(F)F)c1.O=C(O)/C=C\C(=O)O. The van der Waals surface area contributed by atoms with E-state index in [1.165, 1.54) is 14.0 Å². The summed E-state index contributed by atoms with van der Waals surface area (Å²) in [5.41, 5.74) is -2.65. The second-order valence-corrected chi connectivity index (χ2v) is 4.86. The van der Waals surface area contributed by atoms with Gasteiger partial charge in [-0.2, -0.15) is 26.3 Å². The summed E-state index contributed by atoms with van der Waals surface area (Å²) >= 11 is 0. The number of halogens is 6. The first-order valence-electron chi connectivity index (χ1n) is 6.79. The van der Waals surface area contributed by atoms with Crippen molar-refractivity contribution in [3.8, 4) is 0 Å². The lowest BCUT2D eigenvalue weighted by Crippen LogP contribution is -2.17. The lowest BCUT2D eigenvalue weighted by Gasteiger charge is -2.17. The largest absolute Gasteiger partial charge is 0.478 e. The van der Waals surface area contributed by atoms with E-state index in [9.17, 15) is 35.9 Å². The fourth-order valence-electron chi connectivity index (χ4n) is 1.54. The molecule has 0 aromatic heterocycles. The quantitative estimate of drug-likeness (QED) is 0.542. The van der Waals surface area contributed by atoms with E-state index in [4.69, 9.17) is 10.2 Å². The molecule has 0 unspecified atom stereocenters. The Morgan fingerprint density at radius 3 is 1.50 bits per heavy atom. The number of rotatable bonds is 4. The molecule has 5 nitrogen and oxygen atoms in total. The molecule has 0 aliphatic rings. The minimum absolute atomic E-state index is 0.0559. The number of nitrogens with one attached hydrogen (secondary N) is 1. The maximum absolute atomic E-state index is 12.5. The van der Waals surface area contributed by atoms with Crippen molar-refractivity contribution in [3.05, 3.63) is 47.0 Å². The van der Waals surface area contributed by atoms with E-state index in [1.54, 1.807) is 0 Å². The molecule has 0 aliphatic carbocycles. The molecule has 0 heterocycles. The maximum Gasteiger partial charge on any atom is 0.416 e. The molecule has 0 bridgehead atoms. The van der Waals surface area contributed by atoms with Gasteiger partial charge in [-0.3, -0.25) is 0 Å². The van der Waals surface area contributed by atoms with Crippen LogP contribution in [0.1, 0.15) is 29.7 Å². The highest BCUT2D eigenvalue weighted by Crippen LogP contribution is 2.37. The Kier molecular flexibility index (Phi) is 8.32. The van der Waals surface area contributed by atoms with E-state index in [1.807, 2.05) is 0 Å². The molecule has 0 saturated carbocycles. The second kappa shape index (κ2) is 9.22. The molecule has 1 rings (SSSR count). The van der Waals surface area contributed by atoms with Crippen LogP contribution in [-0.2, 0) is 21.9 Å². The summed E-state index contributed by atoms with van der Waals surface area (Å²) in [5, 5.41) is 18.2. The molecule has 1 aromatic rings. The van der Waals surface area contributed by atoms with Crippen molar-refractivity contribution < 1.29 is 46.1 Å². The number of hydrogen-bond acceptors (Lipinski definition) is 3. The van der Waals surface area contributed by atoms with Gasteiger partial charge in [-0.05, 0) is 37.7 Å². The minimum Gasteiger partial charge on any atom is -0.478 e. The van der Waals surface area contributed by atoms with Crippen LogP contribution in [0.5, 0.6) is 0 Å². The van der Waals surface area contributed by atoms with Gasteiger partial charge in [-0.25, -0.2) is 9.59 Å². The van der Waals surface area contributed by atoms with Crippen LogP contribution in [0.3, 0.4) is 0 Å². The zero-order chi connectivity index (χ0) is 20.7. The topological polar surface area (TPSA) is 86.6 Å². The fourth-order valence-corrected chi connectivity index (χ4v) is 1.54. The molecule has 0 saturated heterocycles. The Labute approximate surface area is 143 Å². The van der Waals surface area contributed by atoms with Crippen molar-refractivity contribution in [2.45, 2.75) is 25.3 Å². The molecule has 0 spiro atoms. The molecule has 1 aromatic carbocycles. The van der Waals surface area contributed by atoms with Gasteiger partial charge >= 0.3 is 24.3 Å². The lowest BCUT2D eigenvalue weighted by atomic mass is 10.0. The number of alkyl halides is 6. The zero-order valence-corrected chi connectivity index (χ0v) is 13.4. The molecule has 0 amide bonds. The highest BCUT2D eigenvalue weighted by Gasteiger charge is 2.37. The van der Waals surface area contributed by atoms with E-state index < -0.39 is 41.5 Å². The van der Waals surface area contributed by atoms with Crippen LogP contribution < -0.4 is 5.32 Å². The molecule has 0 fully saturated rings. The Balaban J connectivity index is 0.000000660. The van der Waals surface area contributed by atoms with E-state index >= 15 is 0 Å². The number of aliphatic carboxylic acids is 2. The van der Waals surface area contributed by atoms with Gasteiger partial charge in [0.05, 0.1) is 11.1 Å². The molecular formula is C15H15F6NO4. The van der Waals surface area contributed by atoms with Gasteiger partial charge in [0.15, 0.2) is 0 Å². The first-order valence-corrected chi connectivity index (χ1v) is 6.79. The monoisotopic (exact) mass is 387 g/mol. The van der Waals surface area contributed by atoms with Gasteiger partial charge in [-0.15, -0.1) is 0 Å². The van der Waals surface area contributed by atoms with Crippen LogP contribution >= 0.6 is 0 Å². The van der Waals surface area contributed by atoms with Crippen LogP contribution in [0.25, 0.3) is 0 Å². The van der Waals surface area contributed by atoms with Crippen molar-refractivity contribution in [2.75, 3.05) is 7.05 Å². The third kappa shape index (κ3) is 8.51. The van der Waals surface area contributed by atoms with Crippen molar-refractivity contribution in [2.24, 2.45) is 0 Å². The second-order valence-electron chi connectivity index (χ2n) is 4.86. The molecule has 11 heteroatoms. The number of carboxylic acids is 2. The van der Waals surface area contributed by atoms with Crippen molar-refractivity contribution >= 4 is 11.9 Å². The molecular weight excluding hydrogens is 372 g/mol. The summed E-state index contributed by atoms with van der Waals surface area (Å²) in [6, 6.07) is 0.951. The van der Waals surface area contributed by atoms with Crippen LogP contribution in [0.2, 0.25) is 0 Å². The van der Waals surface area contributed by atoms with Crippen LogP contribution in [0.4, 0.5) is 26.3 Å². The van der Waals surface area contributed by atoms with Gasteiger partial charge < -0.3 is 15.5 Å². The van der Waals surface area contributed by atoms with Gasteiger partial charge in [0.1, 0.15) is 0 Å². The Bertz CT molecular complexity index is 619. The summed E-state index contributed by atoms with van der Waals surface area (Å²) < 4.78 is 75.1. The van der Waals surface area contributed by atoms with E-state index in [0.29, 0.717) is 12.2 Å². The van der Waals surface area contributed by atoms with Crippen LogP contribution in [0, 0.1) is 0 Å². The van der Waals surface area contributed by atoms with E-state index in [0.717, 1.165) is 12.1 Å². The number of benzene rings is 1. The van der Waals surface area contributed by atoms with Gasteiger partial charge in [-0.1, -0.05) is 0 Å². The summed E-state index contributed by atoms with van der Waals surface area (Å²) in [5.74, 6) is -2.51. The molecule has 146 valence electrons. The predicted molar refractivity (Wildman–Crippen MR) is 78.3 cm³/mol. The predicted octanol–water partition coefficient (Wildman–Crippen LogP) is 3.72. The van der Waals surface area contributed by atoms with Gasteiger partial charge in [0, 0.05) is 18.2 Å². The molecule has 0 radical (unpaired) electrons. The maximum atomic E-state index is 12.5. The summed E-state index contributed by atoms with van der Waals surface area (Å²) in [7, 11) is 1.46. The van der Waals surface area contributed by atoms with E-state index in [-0.39, 0.29) is 11.6 Å². The highest BCUT2D eigenvalue weighted by atomic mass is 19.4. The fraction of sp³-hybridized carbons (Fsp3) is 0.333. The molecule has 3 N–H and O–H groups in total. The van der Waals surface area contributed by atoms with Gasteiger partial charge in [0.25, 0.3) is 0 Å². The van der Waals surface area contributed by atoms with Crippen molar-refractivity contribution in [3.63, 3.8) is 0 Å². The standard InChI is InChI=1S/C11H11F6N.C4H4O4/c1-6(18-2)7-3-8(10(12,13)14)5-9(4-7)11(15,16)17;5-3(6)1-2-4(7)8/h3-6,18H,1-2H3;1-2H,(H,5,6)(H,7,8)/b;2-1-/t6-;/m1./s1. The lowest BCUT2D eigenvalue weighted by molar-refractivity contribution is -0.143. The van der Waals surface area contributed by atoms with Crippen molar-refractivity contribution in [1.82, 2.24) is 5.32 Å². The number of hydrogen-bond donors (Lipinski definition) is 3. The van der Waals surface area contributed by atoms with Crippen LogP contribution in [0.15, 0.2) is 30.4 Å². The van der Waals surface area contributed by atoms with Crippen molar-refractivity contribution in [1.29, 1.82) is 0 Å². The third-order valence-corrected chi connectivity index (χ3v) is 2.91. The first-order chi connectivity index (χ1) is 11.7. The number of carbonyl (C=O) groups is 2. The summed E-state index contributed by atoms with van der Waals surface area (Å²) in [6.45, 7) is 1.48. The average Bonchev–Trinajstić information content (AvgIpc) is 2.50. The summed E-state index contributed by atoms with van der Waals surface area (Å²) in [6.07, 6.45) is -8.49. The van der Waals surface area contributed by atoms with Crippen LogP contribution in [-0.4, -0.2) is 29.2 Å².